The van der Waals surface area contributed by atoms with Gasteiger partial charge >= 0.3 is 0 Å². The summed E-state index contributed by atoms with van der Waals surface area (Å²) in [5.41, 5.74) is 0.163. The van der Waals surface area contributed by atoms with Gasteiger partial charge in [-0.25, -0.2) is 4.39 Å². The molecule has 1 atom stereocenters. The van der Waals surface area contributed by atoms with E-state index >= 15 is 0 Å². The van der Waals surface area contributed by atoms with Crippen molar-refractivity contribution in [3.8, 4) is 0 Å². The van der Waals surface area contributed by atoms with Crippen LogP contribution in [0.25, 0.3) is 11.0 Å². The third kappa shape index (κ3) is 4.15. The summed E-state index contributed by atoms with van der Waals surface area (Å²) in [5, 5.41) is 18.7. The minimum absolute atomic E-state index is 0.166. The molecule has 4 rings (SSSR count). The first-order valence-electron chi connectivity index (χ1n) is 10.5. The van der Waals surface area contributed by atoms with Gasteiger partial charge in [0, 0.05) is 43.5 Å². The highest BCUT2D eigenvalue weighted by molar-refractivity contribution is 5.85. The first kappa shape index (κ1) is 20.3. The van der Waals surface area contributed by atoms with Crippen LogP contribution >= 0.6 is 0 Å². The summed E-state index contributed by atoms with van der Waals surface area (Å²) in [6.07, 6.45) is 2.38. The molecule has 2 aliphatic heterocycles. The number of carbonyl (C=O) groups excluding carboxylic acids is 1. The maximum absolute atomic E-state index is 13.4. The number of halogens is 1. The lowest BCUT2D eigenvalue weighted by Gasteiger charge is -2.34. The predicted molar refractivity (Wildman–Crippen MR) is 107 cm³/mol. The van der Waals surface area contributed by atoms with E-state index in [0.717, 1.165) is 43.6 Å². The predicted octanol–water partition coefficient (Wildman–Crippen LogP) is 1.72. The van der Waals surface area contributed by atoms with Crippen molar-refractivity contribution in [2.45, 2.75) is 37.7 Å². The molecule has 1 aromatic carbocycles. The third-order valence-electron chi connectivity index (χ3n) is 6.32. The van der Waals surface area contributed by atoms with Gasteiger partial charge in [0.05, 0.1) is 5.69 Å². The van der Waals surface area contributed by atoms with E-state index in [2.05, 4.69) is 15.4 Å². The molecule has 0 aliphatic carbocycles. The van der Waals surface area contributed by atoms with Gasteiger partial charge < -0.3 is 24.7 Å². The highest BCUT2D eigenvalue weighted by atomic mass is 19.1. The number of piperidine rings is 1. The molecule has 1 unspecified atom stereocenters. The van der Waals surface area contributed by atoms with Gasteiger partial charge in [0.25, 0.3) is 5.91 Å². The molecular weight excluding hydrogens is 375 g/mol. The number of aliphatic hydroxyl groups is 1. The van der Waals surface area contributed by atoms with Crippen molar-refractivity contribution >= 4 is 16.9 Å². The molecule has 0 bridgehead atoms. The molecular formula is C21H29FN4O3. The number of nitrogens with zero attached hydrogens (tertiary/aromatic N) is 3. The second-order valence-corrected chi connectivity index (χ2v) is 8.17. The number of aromatic nitrogens is 1. The van der Waals surface area contributed by atoms with Crippen molar-refractivity contribution in [1.29, 1.82) is 0 Å². The molecule has 2 saturated heterocycles. The van der Waals surface area contributed by atoms with Gasteiger partial charge in [0.2, 0.25) is 0 Å². The van der Waals surface area contributed by atoms with Crippen LogP contribution in [0.15, 0.2) is 22.7 Å². The maximum atomic E-state index is 13.4. The Morgan fingerprint density at radius 2 is 2.24 bits per heavy atom. The van der Waals surface area contributed by atoms with Crippen LogP contribution in [0, 0.1) is 5.82 Å². The zero-order chi connectivity index (χ0) is 20.4. The van der Waals surface area contributed by atoms with Gasteiger partial charge in [0.15, 0.2) is 11.2 Å². The lowest BCUT2D eigenvalue weighted by atomic mass is 9.91. The lowest BCUT2D eigenvalue weighted by molar-refractivity contribution is -0.149. The first-order chi connectivity index (χ1) is 14.0. The molecule has 0 radical (unpaired) electrons. The van der Waals surface area contributed by atoms with Crippen LogP contribution in [-0.2, 0) is 4.79 Å². The molecule has 0 saturated carbocycles. The summed E-state index contributed by atoms with van der Waals surface area (Å²) < 4.78 is 18.7. The maximum Gasteiger partial charge on any atom is 0.255 e. The number of likely N-dealkylation sites (tertiary alicyclic amines) is 1. The normalized spacial score (nSPS) is 23.7. The number of nitrogens with one attached hydrogen (secondary N) is 1. The standard InChI is InChI=1S/C21H29FN4O3/c1-2-26(20(27)21(28)7-8-23-14-21)12-11-25-9-5-15(6-10-25)19-17-4-3-16(22)13-18(17)29-24-19/h3-4,13,15,23,28H,2,5-12,14H2,1H3. The van der Waals surface area contributed by atoms with Gasteiger partial charge in [-0.3, -0.25) is 4.79 Å². The Morgan fingerprint density at radius 3 is 2.93 bits per heavy atom. The van der Waals surface area contributed by atoms with Crippen molar-refractivity contribution in [2.24, 2.45) is 0 Å². The number of amides is 1. The van der Waals surface area contributed by atoms with Crippen molar-refractivity contribution in [2.75, 3.05) is 45.8 Å². The van der Waals surface area contributed by atoms with Crippen molar-refractivity contribution in [3.05, 3.63) is 29.7 Å². The van der Waals surface area contributed by atoms with Gasteiger partial charge in [-0.05, 0) is 58.0 Å². The summed E-state index contributed by atoms with van der Waals surface area (Å²) in [6.45, 7) is 6.80. The van der Waals surface area contributed by atoms with Crippen molar-refractivity contribution in [1.82, 2.24) is 20.3 Å². The topological polar surface area (TPSA) is 81.8 Å². The SMILES string of the molecule is CCN(CCN1CCC(c2noc3cc(F)ccc23)CC1)C(=O)C1(O)CCNC1. The van der Waals surface area contributed by atoms with E-state index in [1.807, 2.05) is 6.92 Å². The average Bonchev–Trinajstić information content (AvgIpc) is 3.35. The Labute approximate surface area is 169 Å². The average molecular weight is 404 g/mol. The van der Waals surface area contributed by atoms with E-state index in [9.17, 15) is 14.3 Å². The van der Waals surface area contributed by atoms with E-state index in [0.29, 0.717) is 44.1 Å². The monoisotopic (exact) mass is 404 g/mol. The molecule has 2 aliphatic rings. The van der Waals surface area contributed by atoms with Crippen LogP contribution in [0.1, 0.15) is 37.8 Å². The van der Waals surface area contributed by atoms with Crippen LogP contribution in [0.5, 0.6) is 0 Å². The van der Waals surface area contributed by atoms with Crippen LogP contribution in [0.4, 0.5) is 4.39 Å². The highest BCUT2D eigenvalue weighted by Gasteiger charge is 2.41. The summed E-state index contributed by atoms with van der Waals surface area (Å²) in [7, 11) is 0. The molecule has 29 heavy (non-hydrogen) atoms. The number of hydrogen-bond donors (Lipinski definition) is 2. The van der Waals surface area contributed by atoms with Gasteiger partial charge in [-0.15, -0.1) is 0 Å². The van der Waals surface area contributed by atoms with E-state index in [4.69, 9.17) is 4.52 Å². The Balaban J connectivity index is 1.31. The Morgan fingerprint density at radius 1 is 1.45 bits per heavy atom. The van der Waals surface area contributed by atoms with Crippen LogP contribution in [0.3, 0.4) is 0 Å². The van der Waals surface area contributed by atoms with E-state index in [1.165, 1.54) is 12.1 Å². The number of fused-ring (bicyclic) bond motifs is 1. The Hall–Kier alpha value is -2.03. The second-order valence-electron chi connectivity index (χ2n) is 8.17. The summed E-state index contributed by atoms with van der Waals surface area (Å²) in [6, 6.07) is 4.57. The minimum Gasteiger partial charge on any atom is -0.379 e. The fraction of sp³-hybridized carbons (Fsp3) is 0.619. The van der Waals surface area contributed by atoms with Crippen LogP contribution < -0.4 is 5.32 Å². The van der Waals surface area contributed by atoms with Crippen molar-refractivity contribution < 1.29 is 18.8 Å². The fourth-order valence-corrected chi connectivity index (χ4v) is 4.48. The molecule has 3 heterocycles. The summed E-state index contributed by atoms with van der Waals surface area (Å²) >= 11 is 0. The number of rotatable bonds is 6. The van der Waals surface area contributed by atoms with Crippen LogP contribution in [0.2, 0.25) is 0 Å². The summed E-state index contributed by atoms with van der Waals surface area (Å²) in [4.78, 5) is 16.8. The van der Waals surface area contributed by atoms with E-state index < -0.39 is 5.60 Å². The lowest BCUT2D eigenvalue weighted by Crippen LogP contribution is -2.52. The second kappa shape index (κ2) is 8.38. The van der Waals surface area contributed by atoms with E-state index in [-0.39, 0.29) is 11.7 Å². The first-order valence-corrected chi connectivity index (χ1v) is 10.5. The Bertz CT molecular complexity index is 857. The molecule has 1 aromatic heterocycles. The number of hydrogen-bond acceptors (Lipinski definition) is 6. The fourth-order valence-electron chi connectivity index (χ4n) is 4.48. The largest absolute Gasteiger partial charge is 0.379 e. The number of likely N-dealkylation sites (N-methyl/N-ethyl adjacent to an activating group) is 1. The molecule has 2 N–H and O–H groups in total. The highest BCUT2D eigenvalue weighted by Crippen LogP contribution is 2.32. The van der Waals surface area contributed by atoms with Gasteiger partial charge in [-0.2, -0.15) is 0 Å². The smallest absolute Gasteiger partial charge is 0.255 e. The molecule has 158 valence electrons. The number of carbonyl (C=O) groups is 1. The van der Waals surface area contributed by atoms with Gasteiger partial charge in [-0.1, -0.05) is 5.16 Å². The van der Waals surface area contributed by atoms with E-state index in [1.54, 1.807) is 11.0 Å². The van der Waals surface area contributed by atoms with Crippen molar-refractivity contribution in [3.63, 3.8) is 0 Å². The molecule has 1 amide bonds. The molecule has 8 heteroatoms. The zero-order valence-corrected chi connectivity index (χ0v) is 16.9. The molecule has 7 nitrogen and oxygen atoms in total. The molecule has 0 spiro atoms. The quantitative estimate of drug-likeness (QED) is 0.763. The minimum atomic E-state index is -1.25. The molecule has 2 aromatic rings. The molecule has 2 fully saturated rings. The number of benzene rings is 1. The third-order valence-corrected chi connectivity index (χ3v) is 6.32. The van der Waals surface area contributed by atoms with Crippen LogP contribution in [-0.4, -0.2) is 77.4 Å². The zero-order valence-electron chi connectivity index (χ0n) is 16.9. The summed E-state index contributed by atoms with van der Waals surface area (Å²) in [5.74, 6) is -0.184. The Kier molecular flexibility index (Phi) is 5.85. The van der Waals surface area contributed by atoms with Gasteiger partial charge in [0.1, 0.15) is 5.82 Å². The number of β-amino-alcohol motifs (C(OH)–C–C–N with tert-alkyl or cyclic N) is 1.